The molecule has 0 radical (unpaired) electrons. The molecule has 0 fully saturated rings. The number of benzene rings is 2. The van der Waals surface area contributed by atoms with Crippen molar-refractivity contribution in [2.24, 2.45) is 4.99 Å². The largest absolute Gasteiger partial charge is 0.491 e. The summed E-state index contributed by atoms with van der Waals surface area (Å²) in [5, 5.41) is 0. The molecule has 30 heavy (non-hydrogen) atoms. The SMILES string of the molecule is C\C=C(/C=C\C=N\C=C\c1ccc(OC(C)C)c(F)c1)c1ccc(OC(C)C)cc1. The van der Waals surface area contributed by atoms with Gasteiger partial charge in [-0.3, -0.25) is 4.99 Å². The van der Waals surface area contributed by atoms with Crippen molar-refractivity contribution in [2.45, 2.75) is 46.8 Å². The number of halogens is 1. The first kappa shape index (κ1) is 23.1. The van der Waals surface area contributed by atoms with Crippen LogP contribution in [0.15, 0.2) is 71.9 Å². The molecule has 4 heteroatoms. The molecule has 0 atom stereocenters. The molecule has 2 aromatic carbocycles. The summed E-state index contributed by atoms with van der Waals surface area (Å²) in [5.41, 5.74) is 2.92. The lowest BCUT2D eigenvalue weighted by atomic mass is 10.1. The highest BCUT2D eigenvalue weighted by Gasteiger charge is 2.05. The summed E-state index contributed by atoms with van der Waals surface area (Å²) in [6.07, 6.45) is 11.1. The molecule has 3 nitrogen and oxygen atoms in total. The highest BCUT2D eigenvalue weighted by molar-refractivity contribution is 5.81. The van der Waals surface area contributed by atoms with E-state index in [1.807, 2.05) is 77.1 Å². The Morgan fingerprint density at radius 1 is 0.967 bits per heavy atom. The monoisotopic (exact) mass is 407 g/mol. The summed E-state index contributed by atoms with van der Waals surface area (Å²) in [6.45, 7) is 9.75. The Hall–Kier alpha value is -3.14. The number of rotatable bonds is 9. The van der Waals surface area contributed by atoms with Crippen molar-refractivity contribution in [3.63, 3.8) is 0 Å². The lowest BCUT2D eigenvalue weighted by Crippen LogP contribution is -2.06. The van der Waals surface area contributed by atoms with Gasteiger partial charge in [-0.05, 0) is 87.7 Å². The van der Waals surface area contributed by atoms with Crippen LogP contribution in [0.5, 0.6) is 11.5 Å². The fraction of sp³-hybridized carbons (Fsp3) is 0.269. The molecule has 2 aromatic rings. The lowest BCUT2D eigenvalue weighted by molar-refractivity contribution is 0.231. The van der Waals surface area contributed by atoms with Crippen LogP contribution in [0.4, 0.5) is 4.39 Å². The number of aliphatic imine (C=N–C) groups is 1. The molecule has 0 bridgehead atoms. The molecule has 0 heterocycles. The summed E-state index contributed by atoms with van der Waals surface area (Å²) >= 11 is 0. The van der Waals surface area contributed by atoms with E-state index in [1.54, 1.807) is 30.6 Å². The Balaban J connectivity index is 1.94. The number of allylic oxidation sites excluding steroid dienone is 4. The Morgan fingerprint density at radius 3 is 2.27 bits per heavy atom. The average Bonchev–Trinajstić information content (AvgIpc) is 2.69. The summed E-state index contributed by atoms with van der Waals surface area (Å²) in [7, 11) is 0. The normalized spacial score (nSPS) is 12.7. The molecule has 0 spiro atoms. The van der Waals surface area contributed by atoms with Gasteiger partial charge >= 0.3 is 0 Å². The van der Waals surface area contributed by atoms with E-state index in [2.05, 4.69) is 4.99 Å². The van der Waals surface area contributed by atoms with Crippen molar-refractivity contribution in [1.29, 1.82) is 0 Å². The highest BCUT2D eigenvalue weighted by Crippen LogP contribution is 2.21. The predicted octanol–water partition coefficient (Wildman–Crippen LogP) is 7.10. The van der Waals surface area contributed by atoms with Gasteiger partial charge in [-0.15, -0.1) is 0 Å². The van der Waals surface area contributed by atoms with Gasteiger partial charge in [0.15, 0.2) is 11.6 Å². The van der Waals surface area contributed by atoms with E-state index in [4.69, 9.17) is 9.47 Å². The number of hydrogen-bond acceptors (Lipinski definition) is 3. The van der Waals surface area contributed by atoms with E-state index in [9.17, 15) is 4.39 Å². The van der Waals surface area contributed by atoms with Crippen LogP contribution in [-0.2, 0) is 0 Å². The standard InChI is InChI=1S/C26H30FNO2/c1-6-22(23-10-12-24(13-11-23)29-19(2)3)8-7-16-28-17-15-21-9-14-26(25(27)18-21)30-20(4)5/h6-20H,1-5H3/b8-7-,17-15+,22-6+,28-16+. The topological polar surface area (TPSA) is 30.8 Å². The molecule has 2 rings (SSSR count). The molecule has 0 unspecified atom stereocenters. The minimum absolute atomic E-state index is 0.0642. The maximum Gasteiger partial charge on any atom is 0.165 e. The van der Waals surface area contributed by atoms with Crippen molar-refractivity contribution in [3.8, 4) is 11.5 Å². The summed E-state index contributed by atoms with van der Waals surface area (Å²) < 4.78 is 25.1. The third-order valence-corrected chi connectivity index (χ3v) is 3.99. The van der Waals surface area contributed by atoms with E-state index in [1.165, 1.54) is 6.07 Å². The van der Waals surface area contributed by atoms with E-state index >= 15 is 0 Å². The van der Waals surface area contributed by atoms with Crippen molar-refractivity contribution in [2.75, 3.05) is 0 Å². The lowest BCUT2D eigenvalue weighted by Gasteiger charge is -2.10. The molecule has 0 saturated heterocycles. The second-order valence-corrected chi connectivity index (χ2v) is 7.26. The van der Waals surface area contributed by atoms with Crippen LogP contribution in [0, 0.1) is 5.82 Å². The van der Waals surface area contributed by atoms with Crippen LogP contribution in [0.2, 0.25) is 0 Å². The van der Waals surface area contributed by atoms with Gasteiger partial charge in [0.1, 0.15) is 5.75 Å². The number of hydrogen-bond donors (Lipinski definition) is 0. The summed E-state index contributed by atoms with van der Waals surface area (Å²) in [5.74, 6) is 0.744. The zero-order valence-electron chi connectivity index (χ0n) is 18.3. The molecule has 158 valence electrons. The predicted molar refractivity (Wildman–Crippen MR) is 125 cm³/mol. The van der Waals surface area contributed by atoms with E-state index in [0.29, 0.717) is 0 Å². The fourth-order valence-corrected chi connectivity index (χ4v) is 2.70. The molecule has 0 aliphatic rings. The van der Waals surface area contributed by atoms with Crippen molar-refractivity contribution >= 4 is 17.9 Å². The molecule has 0 aliphatic carbocycles. The second kappa shape index (κ2) is 11.8. The minimum atomic E-state index is -0.378. The zero-order valence-corrected chi connectivity index (χ0v) is 18.3. The highest BCUT2D eigenvalue weighted by atomic mass is 19.1. The third-order valence-electron chi connectivity index (χ3n) is 3.99. The van der Waals surface area contributed by atoms with Gasteiger partial charge in [0, 0.05) is 12.4 Å². The Bertz CT molecular complexity index is 923. The van der Waals surface area contributed by atoms with Crippen LogP contribution in [0.3, 0.4) is 0 Å². The van der Waals surface area contributed by atoms with Crippen LogP contribution < -0.4 is 9.47 Å². The van der Waals surface area contributed by atoms with Gasteiger partial charge < -0.3 is 9.47 Å². The molecule has 0 saturated carbocycles. The van der Waals surface area contributed by atoms with Crippen LogP contribution >= 0.6 is 0 Å². The first-order valence-corrected chi connectivity index (χ1v) is 10.1. The van der Waals surface area contributed by atoms with Crippen LogP contribution in [-0.4, -0.2) is 18.4 Å². The maximum absolute atomic E-state index is 14.0. The van der Waals surface area contributed by atoms with Gasteiger partial charge in [-0.25, -0.2) is 4.39 Å². The van der Waals surface area contributed by atoms with Gasteiger partial charge in [-0.2, -0.15) is 0 Å². The third kappa shape index (κ3) is 7.70. The van der Waals surface area contributed by atoms with E-state index in [0.717, 1.165) is 22.4 Å². The summed E-state index contributed by atoms with van der Waals surface area (Å²) in [6, 6.07) is 12.9. The number of nitrogens with zero attached hydrogens (tertiary/aromatic N) is 1. The van der Waals surface area contributed by atoms with Crippen molar-refractivity contribution in [1.82, 2.24) is 0 Å². The molecule has 0 N–H and O–H groups in total. The Morgan fingerprint density at radius 2 is 1.67 bits per heavy atom. The average molecular weight is 408 g/mol. The molecular formula is C26H30FNO2. The van der Waals surface area contributed by atoms with Crippen LogP contribution in [0.25, 0.3) is 11.6 Å². The molecule has 0 amide bonds. The smallest absolute Gasteiger partial charge is 0.165 e. The Labute approximate surface area is 179 Å². The van der Waals surface area contributed by atoms with Gasteiger partial charge in [-0.1, -0.05) is 30.4 Å². The summed E-state index contributed by atoms with van der Waals surface area (Å²) in [4.78, 5) is 4.22. The van der Waals surface area contributed by atoms with Gasteiger partial charge in [0.2, 0.25) is 0 Å². The molecule has 0 aromatic heterocycles. The van der Waals surface area contributed by atoms with Gasteiger partial charge in [0.05, 0.1) is 12.2 Å². The van der Waals surface area contributed by atoms with Crippen molar-refractivity contribution in [3.05, 3.63) is 83.8 Å². The van der Waals surface area contributed by atoms with Crippen LogP contribution in [0.1, 0.15) is 45.7 Å². The first-order valence-electron chi connectivity index (χ1n) is 10.1. The maximum atomic E-state index is 14.0. The molecule has 0 aliphatic heterocycles. The Kier molecular flexibility index (Phi) is 9.07. The van der Waals surface area contributed by atoms with E-state index < -0.39 is 0 Å². The first-order chi connectivity index (χ1) is 14.4. The fourth-order valence-electron chi connectivity index (χ4n) is 2.70. The zero-order chi connectivity index (χ0) is 21.9. The number of ether oxygens (including phenoxy) is 2. The second-order valence-electron chi connectivity index (χ2n) is 7.26. The van der Waals surface area contributed by atoms with E-state index in [-0.39, 0.29) is 23.8 Å². The minimum Gasteiger partial charge on any atom is -0.491 e. The quantitative estimate of drug-likeness (QED) is 0.328. The van der Waals surface area contributed by atoms with Gasteiger partial charge in [0.25, 0.3) is 0 Å². The van der Waals surface area contributed by atoms with Crippen molar-refractivity contribution < 1.29 is 13.9 Å². The molecular weight excluding hydrogens is 377 g/mol.